The Morgan fingerprint density at radius 1 is 1.45 bits per heavy atom. The van der Waals surface area contributed by atoms with Crippen LogP contribution < -0.4 is 5.32 Å². The molecule has 122 valence electrons. The molecule has 0 aliphatic carbocycles. The Hall–Kier alpha value is -1.12. The molecule has 8 heteroatoms. The van der Waals surface area contributed by atoms with Gasteiger partial charge < -0.3 is 5.32 Å². The van der Waals surface area contributed by atoms with Gasteiger partial charge in [-0.3, -0.25) is 4.79 Å². The van der Waals surface area contributed by atoms with Crippen LogP contribution in [0.1, 0.15) is 13.8 Å². The number of hydrogen-bond donors (Lipinski definition) is 1. The summed E-state index contributed by atoms with van der Waals surface area (Å²) in [6, 6.07) is 4.42. The predicted molar refractivity (Wildman–Crippen MR) is 84.4 cm³/mol. The zero-order valence-electron chi connectivity index (χ0n) is 12.5. The second kappa shape index (κ2) is 6.97. The summed E-state index contributed by atoms with van der Waals surface area (Å²) in [6.07, 6.45) is 0. The van der Waals surface area contributed by atoms with E-state index in [1.165, 1.54) is 30.0 Å². The number of thioether (sulfide) groups is 1. The molecule has 1 atom stereocenters. The van der Waals surface area contributed by atoms with Crippen molar-refractivity contribution in [1.82, 2.24) is 9.62 Å². The molecule has 0 spiro atoms. The van der Waals surface area contributed by atoms with Crippen LogP contribution >= 0.6 is 11.8 Å². The zero-order chi connectivity index (χ0) is 16.3. The van der Waals surface area contributed by atoms with E-state index in [2.05, 4.69) is 5.32 Å². The molecule has 22 heavy (non-hydrogen) atoms. The normalized spacial score (nSPS) is 19.5. The van der Waals surface area contributed by atoms with Crippen molar-refractivity contribution in [3.05, 3.63) is 30.1 Å². The highest BCUT2D eigenvalue weighted by atomic mass is 32.2. The number of nitrogens with one attached hydrogen (secondary N) is 1. The van der Waals surface area contributed by atoms with Gasteiger partial charge in [0.25, 0.3) is 0 Å². The molecule has 0 bridgehead atoms. The van der Waals surface area contributed by atoms with Crippen molar-refractivity contribution in [2.24, 2.45) is 5.92 Å². The third kappa shape index (κ3) is 3.61. The molecule has 1 amide bonds. The van der Waals surface area contributed by atoms with E-state index in [0.29, 0.717) is 12.3 Å². The van der Waals surface area contributed by atoms with E-state index in [9.17, 15) is 17.6 Å². The van der Waals surface area contributed by atoms with Gasteiger partial charge in [0, 0.05) is 12.3 Å². The van der Waals surface area contributed by atoms with Crippen LogP contribution in [0.4, 0.5) is 4.39 Å². The minimum Gasteiger partial charge on any atom is -0.354 e. The van der Waals surface area contributed by atoms with Crippen LogP contribution in [0.3, 0.4) is 0 Å². The van der Waals surface area contributed by atoms with Crippen LogP contribution in [0.15, 0.2) is 29.2 Å². The Morgan fingerprint density at radius 3 is 2.77 bits per heavy atom. The molecular formula is C14H19FN2O3S2. The summed E-state index contributed by atoms with van der Waals surface area (Å²) >= 11 is 1.34. The van der Waals surface area contributed by atoms with Gasteiger partial charge in [0.2, 0.25) is 15.9 Å². The lowest BCUT2D eigenvalue weighted by atomic mass is 10.2. The second-order valence-corrected chi connectivity index (χ2v) is 8.34. The average Bonchev–Trinajstić information content (AvgIpc) is 2.95. The quantitative estimate of drug-likeness (QED) is 0.881. The number of amides is 1. The van der Waals surface area contributed by atoms with Crippen molar-refractivity contribution < 1.29 is 17.6 Å². The largest absolute Gasteiger partial charge is 0.354 e. The summed E-state index contributed by atoms with van der Waals surface area (Å²) in [7, 11) is -4.03. The fourth-order valence-corrected chi connectivity index (χ4v) is 5.29. The summed E-state index contributed by atoms with van der Waals surface area (Å²) in [6.45, 7) is 4.39. The van der Waals surface area contributed by atoms with Crippen molar-refractivity contribution >= 4 is 27.7 Å². The van der Waals surface area contributed by atoms with E-state index in [4.69, 9.17) is 0 Å². The van der Waals surface area contributed by atoms with Gasteiger partial charge >= 0.3 is 0 Å². The van der Waals surface area contributed by atoms with Crippen molar-refractivity contribution in [3.63, 3.8) is 0 Å². The van der Waals surface area contributed by atoms with Crippen molar-refractivity contribution in [2.45, 2.75) is 24.8 Å². The molecule has 1 unspecified atom stereocenters. The maximum atomic E-state index is 13.8. The monoisotopic (exact) mass is 346 g/mol. The number of hydrogen-bond acceptors (Lipinski definition) is 4. The molecule has 1 heterocycles. The summed E-state index contributed by atoms with van der Waals surface area (Å²) in [5, 5.41) is 2.74. The van der Waals surface area contributed by atoms with Gasteiger partial charge in [-0.15, -0.1) is 11.8 Å². The minimum absolute atomic E-state index is 0.149. The Labute approximate surface area is 134 Å². The SMILES string of the molecule is CC(C)CNC(=O)C1CSCN1S(=O)(=O)c1ccccc1F. The molecule has 1 aromatic rings. The standard InChI is InChI=1S/C14H19FN2O3S2/c1-10(2)7-16-14(18)12-8-21-9-17(12)22(19,20)13-6-4-3-5-11(13)15/h3-6,10,12H,7-9H2,1-2H3,(H,16,18). The fraction of sp³-hybridized carbons (Fsp3) is 0.500. The van der Waals surface area contributed by atoms with Gasteiger partial charge in [0.15, 0.2) is 0 Å². The second-order valence-electron chi connectivity index (χ2n) is 5.48. The maximum Gasteiger partial charge on any atom is 0.247 e. The van der Waals surface area contributed by atoms with E-state index < -0.39 is 21.9 Å². The molecule has 1 aliphatic rings. The summed E-state index contributed by atoms with van der Waals surface area (Å²) in [4.78, 5) is 11.8. The van der Waals surface area contributed by atoms with Gasteiger partial charge in [-0.2, -0.15) is 4.31 Å². The van der Waals surface area contributed by atoms with Crippen LogP contribution in [-0.4, -0.2) is 42.8 Å². The Kier molecular flexibility index (Phi) is 5.46. The minimum atomic E-state index is -4.03. The van der Waals surface area contributed by atoms with Crippen LogP contribution in [0.2, 0.25) is 0 Å². The fourth-order valence-electron chi connectivity index (χ4n) is 2.07. The maximum absolute atomic E-state index is 13.8. The van der Waals surface area contributed by atoms with Gasteiger partial charge in [-0.1, -0.05) is 26.0 Å². The average molecular weight is 346 g/mol. The van der Waals surface area contributed by atoms with E-state index >= 15 is 0 Å². The highest BCUT2D eigenvalue weighted by Gasteiger charge is 2.40. The van der Waals surface area contributed by atoms with E-state index in [1.807, 2.05) is 13.8 Å². The first-order valence-corrected chi connectivity index (χ1v) is 9.55. The summed E-state index contributed by atoms with van der Waals surface area (Å²) < 4.78 is 40.1. The molecule has 0 saturated carbocycles. The van der Waals surface area contributed by atoms with Crippen molar-refractivity contribution in [2.75, 3.05) is 18.2 Å². The Morgan fingerprint density at radius 2 is 2.14 bits per heavy atom. The molecule has 1 aromatic carbocycles. The molecule has 5 nitrogen and oxygen atoms in total. The molecular weight excluding hydrogens is 327 g/mol. The number of sulfonamides is 1. The Bertz CT molecular complexity index is 649. The third-order valence-electron chi connectivity index (χ3n) is 3.25. The van der Waals surface area contributed by atoms with E-state index in [1.54, 1.807) is 0 Å². The summed E-state index contributed by atoms with van der Waals surface area (Å²) in [5.74, 6) is -0.345. The van der Waals surface area contributed by atoms with Gasteiger partial charge in [0.1, 0.15) is 16.8 Å². The molecule has 1 N–H and O–H groups in total. The Balaban J connectivity index is 2.23. The van der Waals surface area contributed by atoms with Crippen LogP contribution in [0.5, 0.6) is 0 Å². The third-order valence-corrected chi connectivity index (χ3v) is 6.32. The number of halogens is 1. The number of nitrogens with zero attached hydrogens (tertiary/aromatic N) is 1. The first kappa shape index (κ1) is 17.2. The topological polar surface area (TPSA) is 66.5 Å². The lowest BCUT2D eigenvalue weighted by Gasteiger charge is -2.23. The smallest absolute Gasteiger partial charge is 0.247 e. The van der Waals surface area contributed by atoms with Crippen LogP contribution in [0, 0.1) is 11.7 Å². The molecule has 1 aliphatic heterocycles. The first-order chi connectivity index (χ1) is 10.3. The van der Waals surface area contributed by atoms with Crippen LogP contribution in [-0.2, 0) is 14.8 Å². The number of benzene rings is 1. The van der Waals surface area contributed by atoms with Gasteiger partial charge in [-0.25, -0.2) is 12.8 Å². The lowest BCUT2D eigenvalue weighted by molar-refractivity contribution is -0.123. The van der Waals surface area contributed by atoms with E-state index in [0.717, 1.165) is 10.4 Å². The molecule has 2 rings (SSSR count). The summed E-state index contributed by atoms with van der Waals surface area (Å²) in [5.41, 5.74) is 0. The number of carbonyl (C=O) groups excluding carboxylic acids is 1. The lowest BCUT2D eigenvalue weighted by Crippen LogP contribution is -2.48. The number of carbonyl (C=O) groups is 1. The number of rotatable bonds is 5. The molecule has 0 radical (unpaired) electrons. The van der Waals surface area contributed by atoms with Crippen LogP contribution in [0.25, 0.3) is 0 Å². The van der Waals surface area contributed by atoms with Gasteiger partial charge in [-0.05, 0) is 18.1 Å². The predicted octanol–water partition coefficient (Wildman–Crippen LogP) is 1.66. The first-order valence-electron chi connectivity index (χ1n) is 6.96. The highest BCUT2D eigenvalue weighted by Crippen LogP contribution is 2.29. The highest BCUT2D eigenvalue weighted by molar-refractivity contribution is 8.00. The van der Waals surface area contributed by atoms with Gasteiger partial charge in [0.05, 0.1) is 5.88 Å². The molecule has 1 fully saturated rings. The zero-order valence-corrected chi connectivity index (χ0v) is 14.1. The molecule has 1 saturated heterocycles. The molecule has 0 aromatic heterocycles. The van der Waals surface area contributed by atoms with E-state index in [-0.39, 0.29) is 22.6 Å². The van der Waals surface area contributed by atoms with Crippen molar-refractivity contribution in [1.29, 1.82) is 0 Å². The van der Waals surface area contributed by atoms with Crippen molar-refractivity contribution in [3.8, 4) is 0 Å².